The lowest BCUT2D eigenvalue weighted by atomic mass is 10.00. The van der Waals surface area contributed by atoms with Crippen LogP contribution in [0.5, 0.6) is 5.75 Å². The molecule has 1 aliphatic rings. The fourth-order valence-electron chi connectivity index (χ4n) is 2.23. The second kappa shape index (κ2) is 4.87. The van der Waals surface area contributed by atoms with Crippen LogP contribution in [-0.2, 0) is 6.42 Å². The Morgan fingerprint density at radius 3 is 2.68 bits per heavy atom. The maximum atomic E-state index is 12.6. The van der Waals surface area contributed by atoms with Crippen molar-refractivity contribution >= 4 is 29.0 Å². The van der Waals surface area contributed by atoms with E-state index in [0.717, 1.165) is 12.0 Å². The smallest absolute Gasteiger partial charge is 0.198 e. The first kappa shape index (κ1) is 12.5. The first-order chi connectivity index (χ1) is 9.16. The van der Waals surface area contributed by atoms with Crippen LogP contribution in [0.4, 0.5) is 0 Å². The zero-order valence-corrected chi connectivity index (χ0v) is 11.5. The topological polar surface area (TPSA) is 26.3 Å². The van der Waals surface area contributed by atoms with Crippen molar-refractivity contribution in [1.29, 1.82) is 0 Å². The van der Waals surface area contributed by atoms with Crippen molar-refractivity contribution in [2.45, 2.75) is 6.42 Å². The molecule has 0 fully saturated rings. The van der Waals surface area contributed by atoms with Crippen LogP contribution in [-0.4, -0.2) is 12.4 Å². The van der Waals surface area contributed by atoms with Crippen LogP contribution in [0.25, 0.3) is 0 Å². The summed E-state index contributed by atoms with van der Waals surface area (Å²) < 4.78 is 5.54. The lowest BCUT2D eigenvalue weighted by molar-refractivity contribution is 0.103. The minimum atomic E-state index is -0.161. The highest BCUT2D eigenvalue weighted by atomic mass is 35.5. The number of halogens is 2. The molecule has 0 amide bonds. The van der Waals surface area contributed by atoms with E-state index in [1.54, 1.807) is 30.3 Å². The van der Waals surface area contributed by atoms with E-state index in [9.17, 15) is 4.79 Å². The Balaban J connectivity index is 2.13. The second-order valence-electron chi connectivity index (χ2n) is 4.35. The molecule has 3 rings (SSSR count). The van der Waals surface area contributed by atoms with Gasteiger partial charge in [0.25, 0.3) is 0 Å². The standard InChI is InChI=1S/C15H10Cl2O2/c16-10-7-9-5-6-19-15(9)12(8-10)14(18)11-3-1-2-4-13(11)17/h1-4,7-8H,5-6H2. The Morgan fingerprint density at radius 1 is 1.11 bits per heavy atom. The van der Waals surface area contributed by atoms with Crippen molar-refractivity contribution in [3.05, 3.63) is 63.1 Å². The minimum absolute atomic E-state index is 0.161. The van der Waals surface area contributed by atoms with Gasteiger partial charge in [-0.3, -0.25) is 4.79 Å². The predicted octanol–water partition coefficient (Wildman–Crippen LogP) is 4.16. The number of hydrogen-bond donors (Lipinski definition) is 0. The third kappa shape index (κ3) is 2.22. The number of ketones is 1. The van der Waals surface area contributed by atoms with Gasteiger partial charge in [0.1, 0.15) is 5.75 Å². The maximum Gasteiger partial charge on any atom is 0.198 e. The Bertz CT molecular complexity index is 665. The summed E-state index contributed by atoms with van der Waals surface area (Å²) in [7, 11) is 0. The van der Waals surface area contributed by atoms with Crippen LogP contribution < -0.4 is 4.74 Å². The molecule has 1 heterocycles. The average Bonchev–Trinajstić information content (AvgIpc) is 2.85. The van der Waals surface area contributed by atoms with E-state index >= 15 is 0 Å². The van der Waals surface area contributed by atoms with Crippen molar-refractivity contribution in [1.82, 2.24) is 0 Å². The van der Waals surface area contributed by atoms with Gasteiger partial charge >= 0.3 is 0 Å². The highest BCUT2D eigenvalue weighted by Crippen LogP contribution is 2.35. The maximum absolute atomic E-state index is 12.6. The zero-order chi connectivity index (χ0) is 13.4. The summed E-state index contributed by atoms with van der Waals surface area (Å²) in [4.78, 5) is 12.6. The molecule has 0 atom stereocenters. The Hall–Kier alpha value is -1.51. The molecule has 0 saturated heterocycles. The van der Waals surface area contributed by atoms with Crippen LogP contribution in [0.3, 0.4) is 0 Å². The molecule has 0 saturated carbocycles. The molecular formula is C15H10Cl2O2. The van der Waals surface area contributed by atoms with Crippen LogP contribution in [0, 0.1) is 0 Å². The van der Waals surface area contributed by atoms with Gasteiger partial charge < -0.3 is 4.74 Å². The number of carbonyl (C=O) groups excluding carboxylic acids is 1. The normalized spacial score (nSPS) is 12.9. The van der Waals surface area contributed by atoms with E-state index < -0.39 is 0 Å². The molecule has 2 aromatic carbocycles. The van der Waals surface area contributed by atoms with Gasteiger partial charge in [0.15, 0.2) is 5.78 Å². The largest absolute Gasteiger partial charge is 0.492 e. The predicted molar refractivity (Wildman–Crippen MR) is 75.5 cm³/mol. The number of hydrogen-bond acceptors (Lipinski definition) is 2. The first-order valence-electron chi connectivity index (χ1n) is 5.91. The molecule has 2 aromatic rings. The van der Waals surface area contributed by atoms with Crippen LogP contribution in [0.15, 0.2) is 36.4 Å². The van der Waals surface area contributed by atoms with Crippen molar-refractivity contribution in [2.75, 3.05) is 6.61 Å². The molecular weight excluding hydrogens is 283 g/mol. The molecule has 1 aliphatic heterocycles. The summed E-state index contributed by atoms with van der Waals surface area (Å²) in [5, 5.41) is 0.971. The molecule has 0 aromatic heterocycles. The Kier molecular flexibility index (Phi) is 3.21. The van der Waals surface area contributed by atoms with Gasteiger partial charge in [-0.25, -0.2) is 0 Å². The van der Waals surface area contributed by atoms with Crippen LogP contribution >= 0.6 is 23.2 Å². The Morgan fingerprint density at radius 2 is 1.89 bits per heavy atom. The average molecular weight is 293 g/mol. The zero-order valence-electron chi connectivity index (χ0n) is 9.95. The van der Waals surface area contributed by atoms with Gasteiger partial charge in [-0.2, -0.15) is 0 Å². The van der Waals surface area contributed by atoms with Crippen molar-refractivity contribution in [3.63, 3.8) is 0 Å². The van der Waals surface area contributed by atoms with Crippen LogP contribution in [0.1, 0.15) is 21.5 Å². The highest BCUT2D eigenvalue weighted by molar-refractivity contribution is 6.35. The van der Waals surface area contributed by atoms with Gasteiger partial charge in [-0.15, -0.1) is 0 Å². The van der Waals surface area contributed by atoms with E-state index in [1.165, 1.54) is 0 Å². The van der Waals surface area contributed by atoms with Gasteiger partial charge in [0.2, 0.25) is 0 Å². The fourth-order valence-corrected chi connectivity index (χ4v) is 2.69. The second-order valence-corrected chi connectivity index (χ2v) is 5.19. The molecule has 19 heavy (non-hydrogen) atoms. The number of carbonyl (C=O) groups is 1. The highest BCUT2D eigenvalue weighted by Gasteiger charge is 2.23. The SMILES string of the molecule is O=C(c1ccccc1Cl)c1cc(Cl)cc2c1OCC2. The third-order valence-electron chi connectivity index (χ3n) is 3.11. The summed E-state index contributed by atoms with van der Waals surface area (Å²) in [5.41, 5.74) is 1.92. The number of fused-ring (bicyclic) bond motifs is 1. The number of rotatable bonds is 2. The molecule has 0 unspecified atom stereocenters. The summed E-state index contributed by atoms with van der Waals surface area (Å²) in [6.45, 7) is 0.582. The lowest BCUT2D eigenvalue weighted by Gasteiger charge is -2.09. The number of benzene rings is 2. The van der Waals surface area contributed by atoms with Gasteiger partial charge in [-0.1, -0.05) is 35.3 Å². The summed E-state index contributed by atoms with van der Waals surface area (Å²) in [6.07, 6.45) is 0.776. The van der Waals surface area contributed by atoms with Gasteiger partial charge in [-0.05, 0) is 29.8 Å². The molecule has 96 valence electrons. The monoisotopic (exact) mass is 292 g/mol. The Labute approximate surface area is 120 Å². The number of ether oxygens (including phenoxy) is 1. The summed E-state index contributed by atoms with van der Waals surface area (Å²) in [6, 6.07) is 10.4. The molecule has 0 aliphatic carbocycles. The molecule has 4 heteroatoms. The lowest BCUT2D eigenvalue weighted by Crippen LogP contribution is -2.04. The van der Waals surface area contributed by atoms with E-state index in [1.807, 2.05) is 6.07 Å². The van der Waals surface area contributed by atoms with Crippen molar-refractivity contribution < 1.29 is 9.53 Å². The van der Waals surface area contributed by atoms with E-state index in [2.05, 4.69) is 0 Å². The van der Waals surface area contributed by atoms with Gasteiger partial charge in [0, 0.05) is 17.0 Å². The van der Waals surface area contributed by atoms with E-state index in [0.29, 0.717) is 33.5 Å². The first-order valence-corrected chi connectivity index (χ1v) is 6.67. The molecule has 0 N–H and O–H groups in total. The quantitative estimate of drug-likeness (QED) is 0.777. The molecule has 0 radical (unpaired) electrons. The fraction of sp³-hybridized carbons (Fsp3) is 0.133. The van der Waals surface area contributed by atoms with E-state index in [-0.39, 0.29) is 5.78 Å². The van der Waals surface area contributed by atoms with Crippen molar-refractivity contribution in [2.24, 2.45) is 0 Å². The van der Waals surface area contributed by atoms with Crippen molar-refractivity contribution in [3.8, 4) is 5.75 Å². The van der Waals surface area contributed by atoms with Gasteiger partial charge in [0.05, 0.1) is 17.2 Å². The van der Waals surface area contributed by atoms with Crippen LogP contribution in [0.2, 0.25) is 10.0 Å². The summed E-state index contributed by atoms with van der Waals surface area (Å²) in [5.74, 6) is 0.473. The van der Waals surface area contributed by atoms with E-state index in [4.69, 9.17) is 27.9 Å². The molecule has 0 spiro atoms. The molecule has 0 bridgehead atoms. The molecule has 2 nitrogen and oxygen atoms in total. The summed E-state index contributed by atoms with van der Waals surface area (Å²) >= 11 is 12.1. The third-order valence-corrected chi connectivity index (χ3v) is 3.66. The minimum Gasteiger partial charge on any atom is -0.492 e.